The average molecular weight is 185 g/mol. The van der Waals surface area contributed by atoms with Gasteiger partial charge in [0.25, 0.3) is 0 Å². The number of halogens is 1. The van der Waals surface area contributed by atoms with Gasteiger partial charge < -0.3 is 4.42 Å². The molecule has 0 saturated heterocycles. The van der Waals surface area contributed by atoms with Crippen molar-refractivity contribution in [3.63, 3.8) is 0 Å². The molecule has 0 fully saturated rings. The summed E-state index contributed by atoms with van der Waals surface area (Å²) in [6, 6.07) is 1.58. The van der Waals surface area contributed by atoms with Crippen molar-refractivity contribution in [2.24, 2.45) is 0 Å². The summed E-state index contributed by atoms with van der Waals surface area (Å²) in [7, 11) is 0. The third kappa shape index (κ3) is 1.98. The Kier molecular flexibility index (Phi) is 3.11. The molecule has 0 aliphatic heterocycles. The Bertz CT molecular complexity index is 288. The third-order valence-electron chi connectivity index (χ3n) is 1.49. The molecule has 0 radical (unpaired) electrons. The fourth-order valence-corrected chi connectivity index (χ4v) is 1.08. The number of allylic oxidation sites excluding steroid dienone is 1. The predicted octanol–water partition coefficient (Wildman–Crippen LogP) is 3.08. The molecule has 1 rings (SSSR count). The van der Waals surface area contributed by atoms with Crippen LogP contribution in [0.15, 0.2) is 29.4 Å². The molecule has 0 unspecified atom stereocenters. The first-order chi connectivity index (χ1) is 5.75. The number of carbonyl (C=O) groups excluding carboxylic acids is 1. The molecular weight excluding hydrogens is 176 g/mol. The largest absolute Gasteiger partial charge is 0.452 e. The maximum Gasteiger partial charge on any atom is 0.203 e. The van der Waals surface area contributed by atoms with Gasteiger partial charge in [-0.15, -0.1) is 6.58 Å². The number of carbonyl (C=O) groups is 1. The van der Waals surface area contributed by atoms with E-state index in [1.165, 1.54) is 6.26 Å². The lowest BCUT2D eigenvalue weighted by Crippen LogP contribution is -1.96. The van der Waals surface area contributed by atoms with Gasteiger partial charge in [-0.1, -0.05) is 6.08 Å². The highest BCUT2D eigenvalue weighted by atomic mass is 35.5. The van der Waals surface area contributed by atoms with E-state index in [2.05, 4.69) is 6.58 Å². The molecule has 64 valence electrons. The second-order valence-electron chi connectivity index (χ2n) is 2.36. The van der Waals surface area contributed by atoms with Crippen molar-refractivity contribution >= 4 is 17.4 Å². The Morgan fingerprint density at radius 2 is 2.50 bits per heavy atom. The highest BCUT2D eigenvalue weighted by molar-refractivity contribution is 6.32. The fourth-order valence-electron chi connectivity index (χ4n) is 0.861. The molecule has 0 amide bonds. The van der Waals surface area contributed by atoms with Gasteiger partial charge in [-0.2, -0.15) is 0 Å². The summed E-state index contributed by atoms with van der Waals surface area (Å²) in [6.45, 7) is 3.53. The molecule has 12 heavy (non-hydrogen) atoms. The zero-order chi connectivity index (χ0) is 8.97. The van der Waals surface area contributed by atoms with Crippen LogP contribution in [-0.4, -0.2) is 5.78 Å². The zero-order valence-electron chi connectivity index (χ0n) is 6.55. The van der Waals surface area contributed by atoms with Gasteiger partial charge in [0.05, 0.1) is 11.8 Å². The maximum atomic E-state index is 11.3. The fraction of sp³-hybridized carbons (Fsp3) is 0.222. The van der Waals surface area contributed by atoms with Crippen molar-refractivity contribution < 1.29 is 9.21 Å². The van der Waals surface area contributed by atoms with Crippen LogP contribution in [0, 0.1) is 0 Å². The molecule has 0 aromatic carbocycles. The maximum absolute atomic E-state index is 11.3. The Balaban J connectivity index is 2.65. The Hall–Kier alpha value is -1.02. The van der Waals surface area contributed by atoms with Crippen molar-refractivity contribution in [1.29, 1.82) is 0 Å². The number of Topliss-reactive ketones (excluding diaryl/α,β-unsaturated/α-hetero) is 1. The van der Waals surface area contributed by atoms with Crippen LogP contribution in [-0.2, 0) is 0 Å². The van der Waals surface area contributed by atoms with Crippen molar-refractivity contribution in [2.45, 2.75) is 12.8 Å². The van der Waals surface area contributed by atoms with Gasteiger partial charge >= 0.3 is 0 Å². The third-order valence-corrected chi connectivity index (χ3v) is 1.79. The molecule has 2 nitrogen and oxygen atoms in total. The van der Waals surface area contributed by atoms with Gasteiger partial charge in [0.2, 0.25) is 5.22 Å². The van der Waals surface area contributed by atoms with E-state index in [0.717, 1.165) is 0 Å². The molecule has 0 N–H and O–H groups in total. The van der Waals surface area contributed by atoms with Crippen molar-refractivity contribution in [3.8, 4) is 0 Å². The van der Waals surface area contributed by atoms with E-state index in [1.807, 2.05) is 0 Å². The van der Waals surface area contributed by atoms with Gasteiger partial charge in [0.1, 0.15) is 0 Å². The predicted molar refractivity (Wildman–Crippen MR) is 47.5 cm³/mol. The molecule has 0 aliphatic carbocycles. The quantitative estimate of drug-likeness (QED) is 0.532. The monoisotopic (exact) mass is 184 g/mol. The number of hydrogen-bond donors (Lipinski definition) is 0. The van der Waals surface area contributed by atoms with Gasteiger partial charge in [0, 0.05) is 6.42 Å². The smallest absolute Gasteiger partial charge is 0.203 e. The lowest BCUT2D eigenvalue weighted by Gasteiger charge is -1.93. The van der Waals surface area contributed by atoms with E-state index >= 15 is 0 Å². The molecular formula is C9H9ClO2. The van der Waals surface area contributed by atoms with Crippen LogP contribution in [0.4, 0.5) is 0 Å². The first-order valence-corrected chi connectivity index (χ1v) is 4.00. The minimum absolute atomic E-state index is 0.00588. The van der Waals surface area contributed by atoms with E-state index in [0.29, 0.717) is 18.4 Å². The topological polar surface area (TPSA) is 30.2 Å². The van der Waals surface area contributed by atoms with E-state index < -0.39 is 0 Å². The van der Waals surface area contributed by atoms with Crippen LogP contribution < -0.4 is 0 Å². The number of furan rings is 1. The van der Waals surface area contributed by atoms with Crippen molar-refractivity contribution in [2.75, 3.05) is 0 Å². The minimum Gasteiger partial charge on any atom is -0.452 e. The van der Waals surface area contributed by atoms with E-state index in [-0.39, 0.29) is 11.0 Å². The lowest BCUT2D eigenvalue weighted by atomic mass is 10.1. The van der Waals surface area contributed by atoms with Gasteiger partial charge in [0.15, 0.2) is 5.78 Å². The van der Waals surface area contributed by atoms with Crippen molar-refractivity contribution in [3.05, 3.63) is 35.8 Å². The van der Waals surface area contributed by atoms with Crippen LogP contribution in [0.1, 0.15) is 23.2 Å². The first-order valence-electron chi connectivity index (χ1n) is 3.62. The van der Waals surface area contributed by atoms with Gasteiger partial charge in [-0.05, 0) is 24.1 Å². The standard InChI is InChI=1S/C9H9ClO2/c1-2-3-4-8(11)7-5-6-12-9(7)10/h2,5-6H,1,3-4H2. The van der Waals surface area contributed by atoms with Gasteiger partial charge in [-0.3, -0.25) is 4.79 Å². The molecule has 1 aromatic rings. The van der Waals surface area contributed by atoms with Crippen LogP contribution in [0.2, 0.25) is 5.22 Å². The summed E-state index contributed by atoms with van der Waals surface area (Å²) in [4.78, 5) is 11.3. The second kappa shape index (κ2) is 4.12. The SMILES string of the molecule is C=CCCC(=O)c1ccoc1Cl. The summed E-state index contributed by atoms with van der Waals surface area (Å²) >= 11 is 5.60. The molecule has 0 saturated carbocycles. The molecule has 0 atom stereocenters. The van der Waals surface area contributed by atoms with E-state index in [9.17, 15) is 4.79 Å². The normalized spacial score (nSPS) is 9.75. The van der Waals surface area contributed by atoms with E-state index in [4.69, 9.17) is 16.0 Å². The highest BCUT2D eigenvalue weighted by Gasteiger charge is 2.11. The number of rotatable bonds is 4. The molecule has 3 heteroatoms. The number of ketones is 1. The van der Waals surface area contributed by atoms with Crippen LogP contribution in [0.3, 0.4) is 0 Å². The molecule has 0 bridgehead atoms. The second-order valence-corrected chi connectivity index (χ2v) is 2.70. The Morgan fingerprint density at radius 1 is 1.75 bits per heavy atom. The summed E-state index contributed by atoms with van der Waals surface area (Å²) in [6.07, 6.45) is 4.21. The average Bonchev–Trinajstić information content (AvgIpc) is 2.47. The molecule has 0 aliphatic rings. The summed E-state index contributed by atoms with van der Waals surface area (Å²) < 4.78 is 4.78. The lowest BCUT2D eigenvalue weighted by molar-refractivity contribution is 0.0983. The Morgan fingerprint density at radius 3 is 3.00 bits per heavy atom. The minimum atomic E-state index is -0.00588. The summed E-state index contributed by atoms with van der Waals surface area (Å²) in [5.74, 6) is -0.00588. The summed E-state index contributed by atoms with van der Waals surface area (Å²) in [5.41, 5.74) is 0.457. The van der Waals surface area contributed by atoms with Gasteiger partial charge in [-0.25, -0.2) is 0 Å². The summed E-state index contributed by atoms with van der Waals surface area (Å²) in [5, 5.41) is 0.170. The van der Waals surface area contributed by atoms with Crippen molar-refractivity contribution in [1.82, 2.24) is 0 Å². The molecule has 1 heterocycles. The van der Waals surface area contributed by atoms with E-state index in [1.54, 1.807) is 12.1 Å². The van der Waals surface area contributed by atoms with Crippen LogP contribution in [0.5, 0.6) is 0 Å². The molecule has 0 spiro atoms. The molecule has 1 aromatic heterocycles. The zero-order valence-corrected chi connectivity index (χ0v) is 7.30. The first kappa shape index (κ1) is 9.07. The Labute approximate surface area is 75.8 Å². The number of hydrogen-bond acceptors (Lipinski definition) is 2. The highest BCUT2D eigenvalue weighted by Crippen LogP contribution is 2.18. The van der Waals surface area contributed by atoms with Crippen LogP contribution in [0.25, 0.3) is 0 Å². The van der Waals surface area contributed by atoms with Crippen LogP contribution >= 0.6 is 11.6 Å².